The van der Waals surface area contributed by atoms with Crippen LogP contribution >= 0.6 is 11.8 Å². The third kappa shape index (κ3) is 7.43. The Morgan fingerprint density at radius 3 is 2.47 bits per heavy atom. The van der Waals surface area contributed by atoms with Gasteiger partial charge in [-0.25, -0.2) is 14.5 Å². The van der Waals surface area contributed by atoms with Crippen LogP contribution in [0.1, 0.15) is 43.4 Å². The molecular weight excluding hydrogens is 605 g/mol. The number of nitrogens with one attached hydrogen (secondary N) is 1. The summed E-state index contributed by atoms with van der Waals surface area (Å²) in [5.74, 6) is 0.352. The fourth-order valence-corrected chi connectivity index (χ4v) is 5.73. The van der Waals surface area contributed by atoms with Crippen molar-refractivity contribution >= 4 is 40.1 Å². The van der Waals surface area contributed by atoms with Crippen molar-refractivity contribution in [2.24, 2.45) is 4.99 Å². The first-order valence-corrected chi connectivity index (χ1v) is 14.9. The van der Waals surface area contributed by atoms with Gasteiger partial charge in [0, 0.05) is 11.8 Å². The maximum atomic E-state index is 12.8. The van der Waals surface area contributed by atoms with Gasteiger partial charge in [0.25, 0.3) is 0 Å². The van der Waals surface area contributed by atoms with E-state index in [1.165, 1.54) is 51.9 Å². The Hall–Kier alpha value is -4.91. The van der Waals surface area contributed by atoms with Crippen LogP contribution in [0.2, 0.25) is 0 Å². The second-order valence-corrected chi connectivity index (χ2v) is 11.4. The molecule has 232 valence electrons. The molecule has 3 amide bonds. The zero-order valence-corrected chi connectivity index (χ0v) is 25.6. The molecule has 2 heterocycles. The van der Waals surface area contributed by atoms with Crippen LogP contribution in [0.25, 0.3) is 22.6 Å². The number of carbonyl (C=O) groups excluding carboxylic acids is 2. The number of aromatic nitrogens is 3. The normalized spacial score (nSPS) is 14.8. The summed E-state index contributed by atoms with van der Waals surface area (Å²) in [4.78, 5) is 35.6. The minimum Gasteiger partial charge on any atom is -0.406 e. The van der Waals surface area contributed by atoms with Gasteiger partial charge in [0.15, 0.2) is 11.0 Å². The number of thioether (sulfide) groups is 1. The highest BCUT2D eigenvalue weighted by Crippen LogP contribution is 2.35. The standard InChI is InChI=1S/C32H29F3N6O3S/c1-19(2)28-20(3)6-5-7-26(28)41-27(42)17-45-31(41)38-30(43)36-16-21(4)22-8-10-23(11-9-22)29-37-18-40(39-29)24-12-14-25(15-13-24)44-32(33,34)35/h5-16,18-19H,17H2,1-4H3,(H,36,43)/b21-16+,38-31-. The first-order chi connectivity index (χ1) is 21.4. The van der Waals surface area contributed by atoms with E-state index >= 15 is 0 Å². The summed E-state index contributed by atoms with van der Waals surface area (Å²) >= 11 is 1.23. The summed E-state index contributed by atoms with van der Waals surface area (Å²) in [6.07, 6.45) is -1.75. The van der Waals surface area contributed by atoms with Gasteiger partial charge in [-0.05, 0) is 72.4 Å². The van der Waals surface area contributed by atoms with Crippen molar-refractivity contribution in [3.8, 4) is 22.8 Å². The molecule has 0 saturated carbocycles. The number of aliphatic imine (C=N–C) groups is 1. The Morgan fingerprint density at radius 1 is 1.09 bits per heavy atom. The molecule has 0 aliphatic carbocycles. The number of hydrogen-bond donors (Lipinski definition) is 1. The number of rotatable bonds is 7. The van der Waals surface area contributed by atoms with Gasteiger partial charge in [0.2, 0.25) is 5.91 Å². The van der Waals surface area contributed by atoms with Crippen molar-refractivity contribution < 1.29 is 27.5 Å². The van der Waals surface area contributed by atoms with Crippen LogP contribution in [0.5, 0.6) is 5.75 Å². The number of ether oxygens (including phenoxy) is 1. The quantitative estimate of drug-likeness (QED) is 0.226. The summed E-state index contributed by atoms with van der Waals surface area (Å²) in [6.45, 7) is 7.97. The lowest BCUT2D eigenvalue weighted by molar-refractivity contribution is -0.274. The third-order valence-electron chi connectivity index (χ3n) is 6.92. The number of hydrogen-bond acceptors (Lipinski definition) is 6. The van der Waals surface area contributed by atoms with E-state index in [2.05, 4.69) is 39.0 Å². The average molecular weight is 635 g/mol. The molecule has 0 unspecified atom stereocenters. The summed E-state index contributed by atoms with van der Waals surface area (Å²) < 4.78 is 42.6. The smallest absolute Gasteiger partial charge is 0.406 e. The second-order valence-electron chi connectivity index (χ2n) is 10.5. The number of amidine groups is 1. The molecular formula is C32H29F3N6O3S. The Morgan fingerprint density at radius 2 is 1.80 bits per heavy atom. The van der Waals surface area contributed by atoms with Crippen molar-refractivity contribution in [1.82, 2.24) is 20.1 Å². The summed E-state index contributed by atoms with van der Waals surface area (Å²) in [5.41, 5.74) is 5.68. The molecule has 0 radical (unpaired) electrons. The number of urea groups is 1. The van der Waals surface area contributed by atoms with Crippen LogP contribution in [0.3, 0.4) is 0 Å². The Labute approximate surface area is 261 Å². The number of nitrogens with zero attached hydrogens (tertiary/aromatic N) is 5. The number of halogens is 3. The molecule has 45 heavy (non-hydrogen) atoms. The molecule has 1 aromatic heterocycles. The molecule has 0 atom stereocenters. The molecule has 13 heteroatoms. The molecule has 1 aliphatic heterocycles. The molecule has 1 saturated heterocycles. The van der Waals surface area contributed by atoms with Crippen molar-refractivity contribution in [1.29, 1.82) is 0 Å². The third-order valence-corrected chi connectivity index (χ3v) is 7.84. The molecule has 4 aromatic rings. The highest BCUT2D eigenvalue weighted by molar-refractivity contribution is 8.15. The first-order valence-electron chi connectivity index (χ1n) is 13.9. The van der Waals surface area contributed by atoms with Gasteiger partial charge < -0.3 is 10.1 Å². The van der Waals surface area contributed by atoms with Crippen LogP contribution in [-0.2, 0) is 4.79 Å². The van der Waals surface area contributed by atoms with Gasteiger partial charge in [0.05, 0.1) is 17.1 Å². The second kappa shape index (κ2) is 13.0. The first kappa shape index (κ1) is 31.5. The lowest BCUT2D eigenvalue weighted by atomic mass is 9.95. The van der Waals surface area contributed by atoms with Crippen LogP contribution in [0.4, 0.5) is 23.7 Å². The number of amides is 3. The summed E-state index contributed by atoms with van der Waals surface area (Å²) in [5, 5.41) is 7.44. The summed E-state index contributed by atoms with van der Waals surface area (Å²) in [6, 6.07) is 17.8. The van der Waals surface area contributed by atoms with Gasteiger partial charge >= 0.3 is 12.4 Å². The summed E-state index contributed by atoms with van der Waals surface area (Å²) in [7, 11) is 0. The number of allylic oxidation sites excluding steroid dienone is 1. The number of alkyl halides is 3. The molecule has 1 aliphatic rings. The van der Waals surface area contributed by atoms with Gasteiger partial charge in [-0.15, -0.1) is 18.3 Å². The van der Waals surface area contributed by atoms with Crippen molar-refractivity contribution in [2.75, 3.05) is 10.7 Å². The van der Waals surface area contributed by atoms with Crippen LogP contribution in [0.15, 0.2) is 84.2 Å². The van der Waals surface area contributed by atoms with E-state index in [0.717, 1.165) is 33.5 Å². The molecule has 0 spiro atoms. The maximum absolute atomic E-state index is 12.8. The predicted octanol–water partition coefficient (Wildman–Crippen LogP) is 7.47. The highest BCUT2D eigenvalue weighted by atomic mass is 32.2. The van der Waals surface area contributed by atoms with Gasteiger partial charge in [-0.1, -0.05) is 62.0 Å². The lowest BCUT2D eigenvalue weighted by Crippen LogP contribution is -2.32. The van der Waals surface area contributed by atoms with E-state index in [4.69, 9.17) is 0 Å². The molecule has 5 rings (SSSR count). The van der Waals surface area contributed by atoms with E-state index in [-0.39, 0.29) is 23.3 Å². The SMILES string of the molecule is C/C(=C\NC(=O)/N=C1\SCC(=O)N1c1cccc(C)c1C(C)C)c1ccc(-c2ncn(-c3ccc(OC(F)(F)F)cc3)n2)cc1. The van der Waals surface area contributed by atoms with Crippen molar-refractivity contribution in [3.63, 3.8) is 0 Å². The Bertz CT molecular complexity index is 1780. The number of anilines is 1. The van der Waals surface area contributed by atoms with Gasteiger partial charge in [-0.3, -0.25) is 9.69 Å². The van der Waals surface area contributed by atoms with E-state index in [1.54, 1.807) is 6.20 Å². The zero-order valence-electron chi connectivity index (χ0n) is 24.8. The number of carbonyl (C=O) groups is 2. The predicted molar refractivity (Wildman–Crippen MR) is 168 cm³/mol. The molecule has 1 fully saturated rings. The average Bonchev–Trinajstić information content (AvgIpc) is 3.62. The van der Waals surface area contributed by atoms with Gasteiger partial charge in [0.1, 0.15) is 12.1 Å². The molecule has 0 bridgehead atoms. The Balaban J connectivity index is 1.25. The molecule has 1 N–H and O–H groups in total. The van der Waals surface area contributed by atoms with Gasteiger partial charge in [-0.2, -0.15) is 4.99 Å². The minimum atomic E-state index is -4.76. The van der Waals surface area contributed by atoms with E-state index < -0.39 is 12.4 Å². The minimum absolute atomic E-state index is 0.126. The van der Waals surface area contributed by atoms with Crippen LogP contribution in [0, 0.1) is 6.92 Å². The monoisotopic (exact) mass is 634 g/mol. The van der Waals surface area contributed by atoms with Crippen LogP contribution in [-0.4, -0.2) is 44.0 Å². The lowest BCUT2D eigenvalue weighted by Gasteiger charge is -2.23. The Kier molecular flexibility index (Phi) is 9.09. The largest absolute Gasteiger partial charge is 0.573 e. The molecule has 9 nitrogen and oxygen atoms in total. The number of aryl methyl sites for hydroxylation is 1. The number of benzene rings is 3. The molecule has 3 aromatic carbocycles. The van der Waals surface area contributed by atoms with Crippen molar-refractivity contribution in [3.05, 3.63) is 95.9 Å². The topological polar surface area (TPSA) is 102 Å². The van der Waals surface area contributed by atoms with E-state index in [1.807, 2.05) is 56.3 Å². The van der Waals surface area contributed by atoms with E-state index in [9.17, 15) is 22.8 Å². The fraction of sp³-hybridized carbons (Fsp3) is 0.219. The zero-order chi connectivity index (χ0) is 32.3. The highest BCUT2D eigenvalue weighted by Gasteiger charge is 2.33. The maximum Gasteiger partial charge on any atom is 0.573 e. The fourth-order valence-electron chi connectivity index (χ4n) is 4.87. The van der Waals surface area contributed by atoms with Crippen molar-refractivity contribution in [2.45, 2.75) is 40.0 Å². The van der Waals surface area contributed by atoms with Crippen LogP contribution < -0.4 is 15.0 Å². The van der Waals surface area contributed by atoms with E-state index in [0.29, 0.717) is 16.7 Å².